The van der Waals surface area contributed by atoms with Crippen LogP contribution in [0.15, 0.2) is 0 Å². The molecule has 96 valence electrons. The Balaban J connectivity index is 2.39. The summed E-state index contributed by atoms with van der Waals surface area (Å²) in [7, 11) is 2.65. The molecule has 0 N–H and O–H groups in total. The van der Waals surface area contributed by atoms with Crippen LogP contribution in [0.5, 0.6) is 0 Å². The number of rotatable bonds is 5. The lowest BCUT2D eigenvalue weighted by atomic mass is 9.96. The molecule has 1 aliphatic carbocycles. The summed E-state index contributed by atoms with van der Waals surface area (Å²) in [6.07, 6.45) is 2.39. The van der Waals surface area contributed by atoms with E-state index in [-0.39, 0.29) is 42.4 Å². The van der Waals surface area contributed by atoms with E-state index in [1.165, 1.54) is 14.2 Å². The first-order valence-electron chi connectivity index (χ1n) is 5.75. The highest BCUT2D eigenvalue weighted by Crippen LogP contribution is 2.32. The molecule has 17 heavy (non-hydrogen) atoms. The summed E-state index contributed by atoms with van der Waals surface area (Å²) >= 11 is 0. The SMILES string of the molecule is COC(=O)CCC1CCC(CC(=O)OC)C1=O. The Labute approximate surface area is 100 Å². The first-order chi connectivity index (χ1) is 8.08. The lowest BCUT2D eigenvalue weighted by Crippen LogP contribution is -2.18. The van der Waals surface area contributed by atoms with Crippen LogP contribution in [0, 0.1) is 11.8 Å². The normalized spacial score (nSPS) is 23.5. The molecule has 0 saturated heterocycles. The maximum Gasteiger partial charge on any atom is 0.306 e. The van der Waals surface area contributed by atoms with E-state index in [1.54, 1.807) is 0 Å². The minimum atomic E-state index is -0.350. The molecular formula is C12H18O5. The van der Waals surface area contributed by atoms with Crippen molar-refractivity contribution in [3.05, 3.63) is 0 Å². The van der Waals surface area contributed by atoms with Crippen LogP contribution >= 0.6 is 0 Å². The van der Waals surface area contributed by atoms with Gasteiger partial charge in [0.05, 0.1) is 20.6 Å². The van der Waals surface area contributed by atoms with Crippen molar-refractivity contribution in [2.45, 2.75) is 32.1 Å². The maximum atomic E-state index is 11.9. The van der Waals surface area contributed by atoms with Crippen LogP contribution in [0.25, 0.3) is 0 Å². The predicted octanol–water partition coefficient (Wildman–Crippen LogP) is 1.10. The minimum Gasteiger partial charge on any atom is -0.469 e. The third-order valence-corrected chi connectivity index (χ3v) is 3.23. The van der Waals surface area contributed by atoms with E-state index in [9.17, 15) is 14.4 Å². The van der Waals surface area contributed by atoms with Gasteiger partial charge in [0.1, 0.15) is 5.78 Å². The Morgan fingerprint density at radius 2 is 1.71 bits per heavy atom. The molecule has 0 amide bonds. The molecule has 5 heteroatoms. The van der Waals surface area contributed by atoms with Gasteiger partial charge in [-0.05, 0) is 19.3 Å². The second kappa shape index (κ2) is 6.37. The predicted molar refractivity (Wildman–Crippen MR) is 59.1 cm³/mol. The molecule has 1 rings (SSSR count). The van der Waals surface area contributed by atoms with Crippen LogP contribution in [-0.2, 0) is 23.9 Å². The van der Waals surface area contributed by atoms with Crippen molar-refractivity contribution in [2.24, 2.45) is 11.8 Å². The van der Waals surface area contributed by atoms with Crippen molar-refractivity contribution in [2.75, 3.05) is 14.2 Å². The van der Waals surface area contributed by atoms with Gasteiger partial charge in [-0.25, -0.2) is 0 Å². The monoisotopic (exact) mass is 242 g/mol. The van der Waals surface area contributed by atoms with Gasteiger partial charge < -0.3 is 9.47 Å². The highest BCUT2D eigenvalue weighted by atomic mass is 16.5. The number of carbonyl (C=O) groups is 3. The number of esters is 2. The molecule has 2 atom stereocenters. The Kier molecular flexibility index (Phi) is 5.12. The highest BCUT2D eigenvalue weighted by Gasteiger charge is 2.35. The minimum absolute atomic E-state index is 0.0827. The van der Waals surface area contributed by atoms with E-state index in [0.717, 1.165) is 6.42 Å². The number of hydrogen-bond acceptors (Lipinski definition) is 5. The van der Waals surface area contributed by atoms with Crippen LogP contribution < -0.4 is 0 Å². The Morgan fingerprint density at radius 3 is 2.29 bits per heavy atom. The van der Waals surface area contributed by atoms with Gasteiger partial charge in [0.15, 0.2) is 0 Å². The third kappa shape index (κ3) is 3.84. The molecule has 2 unspecified atom stereocenters. The maximum absolute atomic E-state index is 11.9. The van der Waals surface area contributed by atoms with Gasteiger partial charge >= 0.3 is 11.9 Å². The highest BCUT2D eigenvalue weighted by molar-refractivity contribution is 5.89. The Bertz CT molecular complexity index is 310. The largest absolute Gasteiger partial charge is 0.469 e. The molecule has 0 aromatic carbocycles. The fourth-order valence-corrected chi connectivity index (χ4v) is 2.19. The smallest absolute Gasteiger partial charge is 0.306 e. The molecule has 0 radical (unpaired) electrons. The molecule has 0 aliphatic heterocycles. The molecule has 1 aliphatic rings. The summed E-state index contributed by atoms with van der Waals surface area (Å²) in [5.41, 5.74) is 0. The molecule has 1 saturated carbocycles. The van der Waals surface area contributed by atoms with Crippen molar-refractivity contribution in [1.29, 1.82) is 0 Å². The quantitative estimate of drug-likeness (QED) is 0.675. The van der Waals surface area contributed by atoms with E-state index in [4.69, 9.17) is 0 Å². The number of ketones is 1. The van der Waals surface area contributed by atoms with E-state index < -0.39 is 0 Å². The van der Waals surface area contributed by atoms with Crippen molar-refractivity contribution < 1.29 is 23.9 Å². The van der Waals surface area contributed by atoms with Gasteiger partial charge in [-0.1, -0.05) is 0 Å². The van der Waals surface area contributed by atoms with E-state index >= 15 is 0 Å². The van der Waals surface area contributed by atoms with Gasteiger partial charge in [-0.2, -0.15) is 0 Å². The number of Topliss-reactive ketones (excluding diaryl/α,β-unsaturated/α-hetero) is 1. The van der Waals surface area contributed by atoms with Crippen molar-refractivity contribution in [1.82, 2.24) is 0 Å². The summed E-state index contributed by atoms with van der Waals surface area (Å²) in [6, 6.07) is 0. The standard InChI is InChI=1S/C12H18O5/c1-16-10(13)6-5-8-3-4-9(12(8)15)7-11(14)17-2/h8-9H,3-7H2,1-2H3. The van der Waals surface area contributed by atoms with Crippen LogP contribution in [-0.4, -0.2) is 31.9 Å². The lowest BCUT2D eigenvalue weighted by molar-refractivity contribution is -0.144. The van der Waals surface area contributed by atoms with Gasteiger partial charge in [-0.15, -0.1) is 0 Å². The van der Waals surface area contributed by atoms with E-state index in [2.05, 4.69) is 9.47 Å². The first kappa shape index (κ1) is 13.7. The molecule has 0 spiro atoms. The summed E-state index contributed by atoms with van der Waals surface area (Å²) in [4.78, 5) is 34.0. The molecular weight excluding hydrogens is 224 g/mol. The summed E-state index contributed by atoms with van der Waals surface area (Å²) in [6.45, 7) is 0. The fraction of sp³-hybridized carbons (Fsp3) is 0.750. The number of carbonyl (C=O) groups excluding carboxylic acids is 3. The van der Waals surface area contributed by atoms with Crippen LogP contribution in [0.4, 0.5) is 0 Å². The van der Waals surface area contributed by atoms with Crippen molar-refractivity contribution in [3.8, 4) is 0 Å². The molecule has 0 aromatic heterocycles. The van der Waals surface area contributed by atoms with Gasteiger partial charge in [0.2, 0.25) is 0 Å². The number of methoxy groups -OCH3 is 2. The average molecular weight is 242 g/mol. The third-order valence-electron chi connectivity index (χ3n) is 3.23. The molecule has 0 heterocycles. The average Bonchev–Trinajstić information content (AvgIpc) is 2.67. The molecule has 0 aromatic rings. The van der Waals surface area contributed by atoms with Crippen LogP contribution in [0.2, 0.25) is 0 Å². The number of ether oxygens (including phenoxy) is 2. The van der Waals surface area contributed by atoms with Gasteiger partial charge in [0, 0.05) is 18.3 Å². The fourth-order valence-electron chi connectivity index (χ4n) is 2.19. The Morgan fingerprint density at radius 1 is 1.12 bits per heavy atom. The zero-order valence-electron chi connectivity index (χ0n) is 10.2. The second-order valence-electron chi connectivity index (χ2n) is 4.27. The Hall–Kier alpha value is -1.39. The molecule has 0 bridgehead atoms. The summed E-state index contributed by atoms with van der Waals surface area (Å²) in [5.74, 6) is -0.903. The summed E-state index contributed by atoms with van der Waals surface area (Å²) < 4.78 is 9.08. The topological polar surface area (TPSA) is 69.7 Å². The van der Waals surface area contributed by atoms with Gasteiger partial charge in [-0.3, -0.25) is 14.4 Å². The zero-order chi connectivity index (χ0) is 12.8. The molecule has 5 nitrogen and oxygen atoms in total. The van der Waals surface area contributed by atoms with Gasteiger partial charge in [0.25, 0.3) is 0 Å². The van der Waals surface area contributed by atoms with Crippen LogP contribution in [0.3, 0.4) is 0 Å². The molecule has 1 fully saturated rings. The van der Waals surface area contributed by atoms with E-state index in [0.29, 0.717) is 12.8 Å². The van der Waals surface area contributed by atoms with Crippen LogP contribution in [0.1, 0.15) is 32.1 Å². The van der Waals surface area contributed by atoms with Crippen molar-refractivity contribution in [3.63, 3.8) is 0 Å². The zero-order valence-corrected chi connectivity index (χ0v) is 10.2. The lowest BCUT2D eigenvalue weighted by Gasteiger charge is -2.09. The van der Waals surface area contributed by atoms with Crippen molar-refractivity contribution >= 4 is 17.7 Å². The summed E-state index contributed by atoms with van der Waals surface area (Å²) in [5, 5.41) is 0. The first-order valence-corrected chi connectivity index (χ1v) is 5.75. The second-order valence-corrected chi connectivity index (χ2v) is 4.27. The van der Waals surface area contributed by atoms with E-state index in [1.807, 2.05) is 0 Å². The number of hydrogen-bond donors (Lipinski definition) is 0.